The van der Waals surface area contributed by atoms with Crippen molar-refractivity contribution in [1.82, 2.24) is 4.90 Å². The predicted octanol–water partition coefficient (Wildman–Crippen LogP) is 4.57. The fourth-order valence-corrected chi connectivity index (χ4v) is 6.81. The van der Waals surface area contributed by atoms with Gasteiger partial charge in [0.15, 0.2) is 0 Å². The highest BCUT2D eigenvalue weighted by Gasteiger charge is 2.37. The Morgan fingerprint density at radius 1 is 0.692 bits per heavy atom. The van der Waals surface area contributed by atoms with Gasteiger partial charge in [-0.1, -0.05) is 97.1 Å². The van der Waals surface area contributed by atoms with Crippen LogP contribution in [-0.2, 0) is 16.5 Å². The highest BCUT2D eigenvalue weighted by Crippen LogP contribution is 2.33. The van der Waals surface area contributed by atoms with Crippen LogP contribution in [0.3, 0.4) is 0 Å². The lowest BCUT2D eigenvalue weighted by molar-refractivity contribution is 0.0590. The molecule has 1 N–H and O–H groups in total. The van der Waals surface area contributed by atoms with Gasteiger partial charge in [0.25, 0.3) is 21.9 Å². The molecule has 4 aromatic carbocycles. The quantitative estimate of drug-likeness (QED) is 0.204. The maximum Gasteiger partial charge on any atom is 0.261 e. The fraction of sp³-hybridized carbons (Fsp3) is 0.161. The molecule has 8 heteroatoms. The summed E-state index contributed by atoms with van der Waals surface area (Å²) in [5, 5.41) is 3.97. The van der Waals surface area contributed by atoms with Crippen molar-refractivity contribution in [2.45, 2.75) is 25.8 Å². The molecule has 0 aliphatic carbocycles. The van der Waals surface area contributed by atoms with Crippen molar-refractivity contribution in [2.24, 2.45) is 0 Å². The summed E-state index contributed by atoms with van der Waals surface area (Å²) in [5.74, 6) is -0.361. The van der Waals surface area contributed by atoms with Gasteiger partial charge >= 0.3 is 0 Å². The minimum atomic E-state index is -3.67. The number of benzene rings is 4. The molecule has 0 saturated carbocycles. The first-order valence-corrected chi connectivity index (χ1v) is 15.7. The van der Waals surface area contributed by atoms with E-state index in [9.17, 15) is 18.0 Å². The van der Waals surface area contributed by atoms with Gasteiger partial charge in [0.1, 0.15) is 0 Å². The van der Waals surface area contributed by atoms with E-state index in [1.807, 2.05) is 6.92 Å². The average Bonchev–Trinajstić information content (AvgIpc) is 3.18. The van der Waals surface area contributed by atoms with Gasteiger partial charge in [-0.25, -0.2) is 0 Å². The van der Waals surface area contributed by atoms with Crippen molar-refractivity contribution in [3.05, 3.63) is 126 Å². The third-order valence-electron chi connectivity index (χ3n) is 6.34. The molecule has 0 radical (unpaired) electrons. The summed E-state index contributed by atoms with van der Waals surface area (Å²) in [6.45, 7) is 1.96. The topological polar surface area (TPSA) is 91.8 Å². The van der Waals surface area contributed by atoms with Crippen LogP contribution in [0.25, 0.3) is 0 Å². The standard InChI is InChI=1S/C30H26NO2P.CH4O3S/c1-22(31-29(32)27-14-8-9-15-28(27)30(31)33)16-17-23-18-20-26(21-19-23)34(24-10-4-2-5-11-24)25-12-6-3-7-13-25;1-5(2,3)4/h2-15,18-22H,16-17H2,1H3;1H3,(H,2,3,4). The average molecular weight is 560 g/mol. The van der Waals surface area contributed by atoms with E-state index in [2.05, 4.69) is 84.9 Å². The number of rotatable bonds is 7. The normalized spacial score (nSPS) is 13.6. The molecule has 1 aliphatic rings. The Labute approximate surface area is 230 Å². The molecule has 4 aromatic rings. The van der Waals surface area contributed by atoms with Crippen LogP contribution >= 0.6 is 7.92 Å². The zero-order chi connectivity index (χ0) is 28.0. The molecule has 0 aromatic heterocycles. The highest BCUT2D eigenvalue weighted by molar-refractivity contribution is 7.85. The van der Waals surface area contributed by atoms with Crippen LogP contribution in [0, 0.1) is 0 Å². The number of amides is 2. The van der Waals surface area contributed by atoms with Crippen LogP contribution in [0.4, 0.5) is 0 Å². The SMILES string of the molecule is CC(CCc1ccc(P(c2ccccc2)c2ccccc2)cc1)N1C(=O)c2ccccc2C1=O.CS(=O)(=O)O. The van der Waals surface area contributed by atoms with E-state index in [1.54, 1.807) is 24.3 Å². The Morgan fingerprint density at radius 2 is 1.08 bits per heavy atom. The fourth-order valence-electron chi connectivity index (χ4n) is 4.53. The first kappa shape index (κ1) is 28.4. The molecule has 1 unspecified atom stereocenters. The molecule has 0 spiro atoms. The van der Waals surface area contributed by atoms with E-state index in [-0.39, 0.29) is 17.9 Å². The minimum Gasteiger partial charge on any atom is -0.286 e. The number of fused-ring (bicyclic) bond motifs is 1. The van der Waals surface area contributed by atoms with Gasteiger partial charge in [-0.2, -0.15) is 8.42 Å². The van der Waals surface area contributed by atoms with E-state index in [0.29, 0.717) is 17.4 Å². The molecule has 39 heavy (non-hydrogen) atoms. The number of hydrogen-bond acceptors (Lipinski definition) is 4. The lowest BCUT2D eigenvalue weighted by Gasteiger charge is -2.23. The zero-order valence-corrected chi connectivity index (χ0v) is 23.5. The Kier molecular flexibility index (Phi) is 9.08. The van der Waals surface area contributed by atoms with Crippen LogP contribution in [0.5, 0.6) is 0 Å². The van der Waals surface area contributed by atoms with E-state index >= 15 is 0 Å². The summed E-state index contributed by atoms with van der Waals surface area (Å²) < 4.78 is 25.9. The Bertz CT molecular complexity index is 1460. The lowest BCUT2D eigenvalue weighted by Crippen LogP contribution is -2.38. The molecule has 1 heterocycles. The molecule has 1 atom stereocenters. The monoisotopic (exact) mass is 559 g/mol. The van der Waals surface area contributed by atoms with Crippen molar-refractivity contribution in [2.75, 3.05) is 6.26 Å². The van der Waals surface area contributed by atoms with Crippen LogP contribution in [0.2, 0.25) is 0 Å². The molecule has 0 saturated heterocycles. The van der Waals surface area contributed by atoms with Crippen molar-refractivity contribution in [3.8, 4) is 0 Å². The Hall–Kier alpha value is -3.64. The number of hydrogen-bond donors (Lipinski definition) is 1. The second-order valence-electron chi connectivity index (χ2n) is 9.32. The summed E-state index contributed by atoms with van der Waals surface area (Å²) >= 11 is 0. The second kappa shape index (κ2) is 12.5. The van der Waals surface area contributed by atoms with Crippen LogP contribution in [0.15, 0.2) is 109 Å². The van der Waals surface area contributed by atoms with Gasteiger partial charge in [-0.3, -0.25) is 19.0 Å². The summed E-state index contributed by atoms with van der Waals surface area (Å²) in [7, 11) is -4.29. The first-order chi connectivity index (χ1) is 18.6. The lowest BCUT2D eigenvalue weighted by atomic mass is 10.1. The smallest absolute Gasteiger partial charge is 0.261 e. The summed E-state index contributed by atoms with van der Waals surface area (Å²) in [6.07, 6.45) is 2.26. The van der Waals surface area contributed by atoms with Gasteiger partial charge in [-0.05, 0) is 61.3 Å². The van der Waals surface area contributed by atoms with Gasteiger partial charge in [0.05, 0.1) is 17.4 Å². The molecule has 200 valence electrons. The Morgan fingerprint density at radius 3 is 1.51 bits per heavy atom. The van der Waals surface area contributed by atoms with Crippen molar-refractivity contribution in [3.63, 3.8) is 0 Å². The van der Waals surface area contributed by atoms with Crippen molar-refractivity contribution < 1.29 is 22.6 Å². The second-order valence-corrected chi connectivity index (χ2v) is 13.0. The van der Waals surface area contributed by atoms with Crippen LogP contribution in [0.1, 0.15) is 39.6 Å². The summed E-state index contributed by atoms with van der Waals surface area (Å²) in [4.78, 5) is 26.9. The van der Waals surface area contributed by atoms with Crippen molar-refractivity contribution in [1.29, 1.82) is 0 Å². The van der Waals surface area contributed by atoms with Crippen molar-refractivity contribution >= 4 is 45.8 Å². The number of carbonyl (C=O) groups excluding carboxylic acids is 2. The van der Waals surface area contributed by atoms with Crippen LogP contribution < -0.4 is 15.9 Å². The van der Waals surface area contributed by atoms with E-state index in [1.165, 1.54) is 26.4 Å². The maximum atomic E-state index is 12.8. The molecule has 1 aliphatic heterocycles. The number of imide groups is 1. The Balaban J connectivity index is 0.000000648. The first-order valence-electron chi connectivity index (χ1n) is 12.5. The number of aryl methyl sites for hydroxylation is 1. The van der Waals surface area contributed by atoms with E-state index < -0.39 is 18.0 Å². The van der Waals surface area contributed by atoms with Gasteiger partial charge in [-0.15, -0.1) is 0 Å². The van der Waals surface area contributed by atoms with E-state index in [4.69, 9.17) is 4.55 Å². The molecular weight excluding hydrogens is 529 g/mol. The van der Waals surface area contributed by atoms with E-state index in [0.717, 1.165) is 12.8 Å². The molecule has 0 bridgehead atoms. The maximum absolute atomic E-state index is 12.8. The largest absolute Gasteiger partial charge is 0.286 e. The minimum absolute atomic E-state index is 0.155. The summed E-state index contributed by atoms with van der Waals surface area (Å²) in [6, 6.07) is 37.1. The molecular formula is C31H30NO5PS. The highest BCUT2D eigenvalue weighted by atomic mass is 32.2. The molecule has 6 nitrogen and oxygen atoms in total. The van der Waals surface area contributed by atoms with Gasteiger partial charge in [0.2, 0.25) is 0 Å². The van der Waals surface area contributed by atoms with Gasteiger partial charge < -0.3 is 0 Å². The molecule has 5 rings (SSSR count). The molecule has 0 fully saturated rings. The molecule has 2 amide bonds. The summed E-state index contributed by atoms with van der Waals surface area (Å²) in [5.41, 5.74) is 2.24. The third kappa shape index (κ3) is 7.27. The predicted molar refractivity (Wildman–Crippen MR) is 157 cm³/mol. The zero-order valence-electron chi connectivity index (χ0n) is 21.8. The number of carbonyl (C=O) groups is 2. The van der Waals surface area contributed by atoms with Crippen LogP contribution in [-0.4, -0.2) is 42.0 Å². The third-order valence-corrected chi connectivity index (χ3v) is 8.78. The number of nitrogens with zero attached hydrogens (tertiary/aromatic N) is 1. The van der Waals surface area contributed by atoms with Gasteiger partial charge in [0, 0.05) is 6.04 Å².